The van der Waals surface area contributed by atoms with Gasteiger partial charge in [0.15, 0.2) is 5.78 Å². The Morgan fingerprint density at radius 2 is 2.00 bits per heavy atom. The summed E-state index contributed by atoms with van der Waals surface area (Å²) in [5, 5.41) is 20.7. The number of phenolic OH excluding ortho intramolecular Hbond substituents is 1. The third-order valence-electron chi connectivity index (χ3n) is 4.58. The number of aliphatic hydroxyl groups excluding tert-OH is 1. The van der Waals surface area contributed by atoms with Crippen molar-refractivity contribution >= 4 is 11.9 Å². The summed E-state index contributed by atoms with van der Waals surface area (Å²) in [6, 6.07) is 10.8. The minimum absolute atomic E-state index is 0.0768. The summed E-state index contributed by atoms with van der Waals surface area (Å²) in [6.45, 7) is 3.48. The molecular formula is C21H22O5. The van der Waals surface area contributed by atoms with Gasteiger partial charge in [-0.1, -0.05) is 36.4 Å². The smallest absolute Gasteiger partial charge is 0.193 e. The van der Waals surface area contributed by atoms with Gasteiger partial charge in [-0.15, -0.1) is 0 Å². The van der Waals surface area contributed by atoms with E-state index in [1.54, 1.807) is 19.9 Å². The molecule has 2 aromatic carbocycles. The molecule has 1 aliphatic heterocycles. The van der Waals surface area contributed by atoms with E-state index in [1.807, 2.05) is 30.3 Å². The van der Waals surface area contributed by atoms with Crippen LogP contribution >= 0.6 is 0 Å². The van der Waals surface area contributed by atoms with E-state index in [1.165, 1.54) is 19.3 Å². The maximum atomic E-state index is 12.8. The number of phenols is 1. The van der Waals surface area contributed by atoms with Gasteiger partial charge in [0.25, 0.3) is 0 Å². The van der Waals surface area contributed by atoms with Gasteiger partial charge in [0.05, 0.1) is 13.2 Å². The lowest BCUT2D eigenvalue weighted by Crippen LogP contribution is -2.46. The number of hydrogen-bond acceptors (Lipinski definition) is 5. The number of hydrogen-bond donors (Lipinski definition) is 2. The fraction of sp³-hybridized carbons (Fsp3) is 0.286. The number of fused-ring (bicyclic) bond motifs is 1. The first-order chi connectivity index (χ1) is 12.3. The number of aromatic hydroxyl groups is 1. The van der Waals surface area contributed by atoms with Crippen LogP contribution in [-0.2, 0) is 6.42 Å². The quantitative estimate of drug-likeness (QED) is 0.650. The van der Waals surface area contributed by atoms with Crippen molar-refractivity contribution < 1.29 is 24.5 Å². The predicted octanol–water partition coefficient (Wildman–Crippen LogP) is 3.37. The molecule has 0 bridgehead atoms. The van der Waals surface area contributed by atoms with Gasteiger partial charge in [-0.25, -0.2) is 0 Å². The number of ketones is 1. The van der Waals surface area contributed by atoms with Crippen molar-refractivity contribution in [2.75, 3.05) is 7.11 Å². The molecule has 0 saturated heterocycles. The number of carbonyl (C=O) groups excluding carboxylic acids is 1. The predicted molar refractivity (Wildman–Crippen MR) is 98.9 cm³/mol. The number of allylic oxidation sites excluding steroid dienone is 1. The normalized spacial score (nSPS) is 18.2. The third-order valence-corrected chi connectivity index (χ3v) is 4.58. The van der Waals surface area contributed by atoms with E-state index in [4.69, 9.17) is 9.47 Å². The topological polar surface area (TPSA) is 76.0 Å². The molecule has 2 N–H and O–H groups in total. The number of benzene rings is 2. The van der Waals surface area contributed by atoms with E-state index in [-0.39, 0.29) is 29.3 Å². The Balaban J connectivity index is 2.06. The standard InChI is InChI=1S/C21H22O5/c1-21(2)18(24)11-14-17(25-3)12-16(23)19(20(14)26-21)15(22)10-9-13-7-5-4-6-8-13/h4-10,12,18,23-24H,11H2,1-3H3/b10-9+/t18-/m0/s1. The van der Waals surface area contributed by atoms with Gasteiger partial charge in [0, 0.05) is 18.1 Å². The van der Waals surface area contributed by atoms with E-state index in [9.17, 15) is 15.0 Å². The van der Waals surface area contributed by atoms with Crippen molar-refractivity contribution in [3.63, 3.8) is 0 Å². The van der Waals surface area contributed by atoms with Crippen LogP contribution in [-0.4, -0.2) is 34.8 Å². The highest BCUT2D eigenvalue weighted by atomic mass is 16.5. The maximum absolute atomic E-state index is 12.8. The Hall–Kier alpha value is -2.79. The average Bonchev–Trinajstić information content (AvgIpc) is 2.61. The van der Waals surface area contributed by atoms with Gasteiger partial charge in [0.2, 0.25) is 0 Å². The number of carbonyl (C=O) groups is 1. The summed E-state index contributed by atoms with van der Waals surface area (Å²) in [4.78, 5) is 12.8. The molecule has 0 fully saturated rings. The molecule has 0 amide bonds. The second kappa shape index (κ2) is 6.84. The van der Waals surface area contributed by atoms with Crippen LogP contribution in [0.3, 0.4) is 0 Å². The Morgan fingerprint density at radius 1 is 1.31 bits per heavy atom. The van der Waals surface area contributed by atoms with E-state index in [0.29, 0.717) is 11.3 Å². The highest BCUT2D eigenvalue weighted by Crippen LogP contribution is 2.45. The van der Waals surface area contributed by atoms with Crippen molar-refractivity contribution in [1.82, 2.24) is 0 Å². The number of methoxy groups -OCH3 is 1. The first-order valence-corrected chi connectivity index (χ1v) is 8.41. The molecule has 136 valence electrons. The summed E-state index contributed by atoms with van der Waals surface area (Å²) >= 11 is 0. The molecular weight excluding hydrogens is 332 g/mol. The number of aliphatic hydroxyl groups is 1. The molecule has 0 spiro atoms. The summed E-state index contributed by atoms with van der Waals surface area (Å²) in [5.41, 5.74) is 0.644. The van der Waals surface area contributed by atoms with Gasteiger partial charge in [0.1, 0.15) is 28.4 Å². The Kier molecular flexibility index (Phi) is 4.74. The molecule has 0 unspecified atom stereocenters. The number of ether oxygens (including phenoxy) is 2. The zero-order valence-corrected chi connectivity index (χ0v) is 15.0. The van der Waals surface area contributed by atoms with Gasteiger partial charge in [-0.3, -0.25) is 4.79 Å². The molecule has 3 rings (SSSR count). The first-order valence-electron chi connectivity index (χ1n) is 8.41. The Morgan fingerprint density at radius 3 is 2.65 bits per heavy atom. The van der Waals surface area contributed by atoms with Crippen molar-refractivity contribution in [2.24, 2.45) is 0 Å². The maximum Gasteiger partial charge on any atom is 0.193 e. The van der Waals surface area contributed by atoms with Crippen LogP contribution < -0.4 is 9.47 Å². The fourth-order valence-electron chi connectivity index (χ4n) is 2.98. The molecule has 5 nitrogen and oxygen atoms in total. The molecule has 5 heteroatoms. The molecule has 0 aliphatic carbocycles. The zero-order chi connectivity index (χ0) is 18.9. The summed E-state index contributed by atoms with van der Waals surface area (Å²) in [6.07, 6.45) is 2.60. The van der Waals surface area contributed by atoms with Gasteiger partial charge in [-0.05, 0) is 25.5 Å². The van der Waals surface area contributed by atoms with Crippen molar-refractivity contribution in [2.45, 2.75) is 32.0 Å². The van der Waals surface area contributed by atoms with Crippen molar-refractivity contribution in [3.05, 3.63) is 59.2 Å². The highest BCUT2D eigenvalue weighted by molar-refractivity contribution is 6.11. The van der Waals surface area contributed by atoms with E-state index in [2.05, 4.69) is 0 Å². The lowest BCUT2D eigenvalue weighted by atomic mass is 9.88. The lowest BCUT2D eigenvalue weighted by Gasteiger charge is -2.38. The Labute approximate surface area is 152 Å². The molecule has 26 heavy (non-hydrogen) atoms. The first kappa shape index (κ1) is 18.0. The molecule has 1 aliphatic rings. The molecule has 1 atom stereocenters. The fourth-order valence-corrected chi connectivity index (χ4v) is 2.98. The molecule has 0 radical (unpaired) electrons. The lowest BCUT2D eigenvalue weighted by molar-refractivity contribution is -0.0421. The van der Waals surface area contributed by atoms with E-state index in [0.717, 1.165) is 5.56 Å². The van der Waals surface area contributed by atoms with Crippen LogP contribution in [0.1, 0.15) is 35.3 Å². The monoisotopic (exact) mass is 354 g/mol. The third kappa shape index (κ3) is 3.30. The largest absolute Gasteiger partial charge is 0.507 e. The second-order valence-electron chi connectivity index (χ2n) is 6.81. The average molecular weight is 354 g/mol. The van der Waals surface area contributed by atoms with Gasteiger partial charge in [-0.2, -0.15) is 0 Å². The zero-order valence-electron chi connectivity index (χ0n) is 15.0. The van der Waals surface area contributed by atoms with Crippen LogP contribution in [0.5, 0.6) is 17.2 Å². The van der Waals surface area contributed by atoms with Crippen LogP contribution in [0.15, 0.2) is 42.5 Å². The van der Waals surface area contributed by atoms with Crippen LogP contribution in [0.4, 0.5) is 0 Å². The van der Waals surface area contributed by atoms with Crippen LogP contribution in [0, 0.1) is 0 Å². The SMILES string of the molecule is COc1cc(O)c(C(=O)/C=C/c2ccccc2)c2c1C[C@H](O)C(C)(C)O2. The van der Waals surface area contributed by atoms with E-state index >= 15 is 0 Å². The summed E-state index contributed by atoms with van der Waals surface area (Å²) < 4.78 is 11.2. The van der Waals surface area contributed by atoms with Crippen LogP contribution in [0.25, 0.3) is 6.08 Å². The van der Waals surface area contributed by atoms with Crippen LogP contribution in [0.2, 0.25) is 0 Å². The minimum Gasteiger partial charge on any atom is -0.507 e. The molecule has 2 aromatic rings. The van der Waals surface area contributed by atoms with Crippen molar-refractivity contribution in [1.29, 1.82) is 0 Å². The Bertz CT molecular complexity index is 852. The van der Waals surface area contributed by atoms with Crippen molar-refractivity contribution in [3.8, 4) is 17.2 Å². The molecule has 0 saturated carbocycles. The minimum atomic E-state index is -0.885. The summed E-state index contributed by atoms with van der Waals surface area (Å²) in [7, 11) is 1.47. The number of rotatable bonds is 4. The second-order valence-corrected chi connectivity index (χ2v) is 6.81. The van der Waals surface area contributed by atoms with E-state index < -0.39 is 11.7 Å². The highest BCUT2D eigenvalue weighted by Gasteiger charge is 2.40. The van der Waals surface area contributed by atoms with Gasteiger partial charge < -0.3 is 19.7 Å². The molecule has 1 heterocycles. The van der Waals surface area contributed by atoms with Gasteiger partial charge >= 0.3 is 0 Å². The molecule has 0 aromatic heterocycles. The summed E-state index contributed by atoms with van der Waals surface area (Å²) in [5.74, 6) is 0.0587.